The van der Waals surface area contributed by atoms with Gasteiger partial charge in [0, 0.05) is 52.0 Å². The number of carbonyl (C=O) groups is 1. The highest BCUT2D eigenvalue weighted by Gasteiger charge is 2.30. The zero-order valence-electron chi connectivity index (χ0n) is 16.7. The summed E-state index contributed by atoms with van der Waals surface area (Å²) in [5, 5.41) is 8.79. The second-order valence-corrected chi connectivity index (χ2v) is 9.77. The van der Waals surface area contributed by atoms with Gasteiger partial charge in [0.25, 0.3) is 0 Å². The third kappa shape index (κ3) is 4.35. The minimum Gasteiger partial charge on any atom is -0.343 e. The molecule has 0 spiro atoms. The lowest BCUT2D eigenvalue weighted by Crippen LogP contribution is -2.37. The number of fused-ring (bicyclic) bond motifs is 1. The molecule has 1 aromatic carbocycles. The number of benzene rings is 1. The Labute approximate surface area is 171 Å². The van der Waals surface area contributed by atoms with Gasteiger partial charge in [-0.1, -0.05) is 30.3 Å². The van der Waals surface area contributed by atoms with Gasteiger partial charge < -0.3 is 9.47 Å². The Kier molecular flexibility index (Phi) is 5.69. The first kappa shape index (κ1) is 20.0. The molecule has 1 amide bonds. The summed E-state index contributed by atoms with van der Waals surface area (Å²) in [7, 11) is -3.38. The van der Waals surface area contributed by atoms with Crippen molar-refractivity contribution in [2.45, 2.75) is 44.4 Å². The number of amides is 1. The molecule has 4 rings (SSSR count). The smallest absolute Gasteiger partial charge is 0.219 e. The van der Waals surface area contributed by atoms with Crippen LogP contribution in [-0.2, 0) is 33.5 Å². The lowest BCUT2D eigenvalue weighted by molar-refractivity contribution is -0.129. The average Bonchev–Trinajstić information content (AvgIpc) is 2.98. The number of hydrogen-bond donors (Lipinski definition) is 0. The van der Waals surface area contributed by atoms with Crippen molar-refractivity contribution in [3.05, 3.63) is 47.5 Å². The second kappa shape index (κ2) is 8.23. The lowest BCUT2D eigenvalue weighted by Gasteiger charge is -2.31. The molecule has 9 heteroatoms. The number of likely N-dealkylation sites (tertiary alicyclic amines) is 1. The number of aromatic nitrogens is 3. The highest BCUT2D eigenvalue weighted by Crippen LogP contribution is 2.28. The molecule has 0 unspecified atom stereocenters. The molecule has 3 heterocycles. The summed E-state index contributed by atoms with van der Waals surface area (Å²) in [5.41, 5.74) is 0.800. The Morgan fingerprint density at radius 2 is 1.76 bits per heavy atom. The van der Waals surface area contributed by atoms with Gasteiger partial charge in [0.15, 0.2) is 0 Å². The molecule has 0 aliphatic carbocycles. The van der Waals surface area contributed by atoms with Crippen molar-refractivity contribution in [3.63, 3.8) is 0 Å². The summed E-state index contributed by atoms with van der Waals surface area (Å²) >= 11 is 0. The zero-order chi connectivity index (χ0) is 20.4. The van der Waals surface area contributed by atoms with Crippen LogP contribution in [0.15, 0.2) is 30.3 Å². The summed E-state index contributed by atoms with van der Waals surface area (Å²) in [5.74, 6) is 2.18. The Morgan fingerprint density at radius 3 is 2.45 bits per heavy atom. The summed E-state index contributed by atoms with van der Waals surface area (Å²) in [6.07, 6.45) is 2.30. The van der Waals surface area contributed by atoms with Crippen LogP contribution in [0.4, 0.5) is 0 Å². The molecule has 2 aromatic rings. The number of nitrogens with zero attached hydrogens (tertiary/aromatic N) is 5. The maximum absolute atomic E-state index is 12.9. The van der Waals surface area contributed by atoms with E-state index in [1.165, 1.54) is 0 Å². The summed E-state index contributed by atoms with van der Waals surface area (Å²) in [6, 6.07) is 9.29. The topological polar surface area (TPSA) is 88.4 Å². The maximum Gasteiger partial charge on any atom is 0.219 e. The lowest BCUT2D eigenvalue weighted by atomic mass is 9.96. The third-order valence-electron chi connectivity index (χ3n) is 5.90. The Hall–Kier alpha value is -2.26. The maximum atomic E-state index is 12.9. The predicted molar refractivity (Wildman–Crippen MR) is 109 cm³/mol. The molecule has 1 aromatic heterocycles. The Balaban J connectivity index is 1.44. The molecule has 0 N–H and O–H groups in total. The molecule has 0 bridgehead atoms. The van der Waals surface area contributed by atoms with Gasteiger partial charge in [0.05, 0.1) is 5.75 Å². The van der Waals surface area contributed by atoms with E-state index in [1.54, 1.807) is 11.2 Å². The number of piperidine rings is 1. The van der Waals surface area contributed by atoms with Crippen molar-refractivity contribution in [3.8, 4) is 0 Å². The fraction of sp³-hybridized carbons (Fsp3) is 0.550. The van der Waals surface area contributed by atoms with Crippen LogP contribution in [0.2, 0.25) is 0 Å². The molecule has 0 radical (unpaired) electrons. The van der Waals surface area contributed by atoms with E-state index in [0.717, 1.165) is 43.1 Å². The number of sulfonamides is 1. The largest absolute Gasteiger partial charge is 0.343 e. The zero-order valence-corrected chi connectivity index (χ0v) is 17.5. The highest BCUT2D eigenvalue weighted by molar-refractivity contribution is 7.88. The van der Waals surface area contributed by atoms with Gasteiger partial charge in [0.1, 0.15) is 11.6 Å². The quantitative estimate of drug-likeness (QED) is 0.750. The summed E-state index contributed by atoms with van der Waals surface area (Å²) in [4.78, 5) is 13.4. The highest BCUT2D eigenvalue weighted by atomic mass is 32.2. The number of rotatable bonds is 4. The van der Waals surface area contributed by atoms with Crippen LogP contribution < -0.4 is 0 Å². The average molecular weight is 418 g/mol. The van der Waals surface area contributed by atoms with Crippen molar-refractivity contribution in [1.29, 1.82) is 0 Å². The van der Waals surface area contributed by atoms with E-state index in [0.29, 0.717) is 26.1 Å². The Morgan fingerprint density at radius 1 is 1.03 bits per heavy atom. The van der Waals surface area contributed by atoms with Crippen molar-refractivity contribution in [1.82, 2.24) is 24.0 Å². The molecule has 29 heavy (non-hydrogen) atoms. The molecule has 1 saturated heterocycles. The first-order valence-corrected chi connectivity index (χ1v) is 11.7. The van der Waals surface area contributed by atoms with Crippen molar-refractivity contribution >= 4 is 15.9 Å². The van der Waals surface area contributed by atoms with Crippen LogP contribution in [0, 0.1) is 0 Å². The fourth-order valence-corrected chi connectivity index (χ4v) is 5.76. The van der Waals surface area contributed by atoms with Gasteiger partial charge >= 0.3 is 0 Å². The first-order chi connectivity index (χ1) is 13.9. The van der Waals surface area contributed by atoms with Gasteiger partial charge in [-0.25, -0.2) is 8.42 Å². The van der Waals surface area contributed by atoms with E-state index >= 15 is 0 Å². The van der Waals surface area contributed by atoms with Crippen LogP contribution >= 0.6 is 0 Å². The van der Waals surface area contributed by atoms with Crippen LogP contribution in [0.1, 0.15) is 42.9 Å². The Bertz CT molecular complexity index is 965. The molecule has 0 saturated carbocycles. The molecule has 2 aliphatic rings. The van der Waals surface area contributed by atoms with Crippen LogP contribution in [0.5, 0.6) is 0 Å². The molecule has 2 aliphatic heterocycles. The molecule has 156 valence electrons. The van der Waals surface area contributed by atoms with Gasteiger partial charge in [-0.15, -0.1) is 10.2 Å². The van der Waals surface area contributed by atoms with E-state index in [-0.39, 0.29) is 17.6 Å². The monoisotopic (exact) mass is 417 g/mol. The van der Waals surface area contributed by atoms with Crippen LogP contribution in [-0.4, -0.2) is 64.5 Å². The predicted octanol–water partition coefficient (Wildman–Crippen LogP) is 1.39. The van der Waals surface area contributed by atoms with Crippen LogP contribution in [0.25, 0.3) is 0 Å². The van der Waals surface area contributed by atoms with Crippen molar-refractivity contribution in [2.75, 3.05) is 26.2 Å². The van der Waals surface area contributed by atoms with Crippen molar-refractivity contribution < 1.29 is 13.2 Å². The SMILES string of the molecule is CC(=O)N1CCC(c2nnc3n2CCN(S(=O)(=O)Cc2ccccc2)CC3)CC1. The second-order valence-electron chi connectivity index (χ2n) is 7.80. The standard InChI is InChI=1S/C20H27N5O3S/c1-16(26)23-10-7-18(8-11-23)20-22-21-19-9-12-24(13-14-25(19)20)29(27,28)15-17-5-3-2-4-6-17/h2-6,18H,7-15H2,1H3. The van der Waals surface area contributed by atoms with E-state index in [2.05, 4.69) is 14.8 Å². The summed E-state index contributed by atoms with van der Waals surface area (Å²) < 4.78 is 29.5. The van der Waals surface area contributed by atoms with Crippen molar-refractivity contribution in [2.24, 2.45) is 0 Å². The molecule has 8 nitrogen and oxygen atoms in total. The molecule has 0 atom stereocenters. The third-order valence-corrected chi connectivity index (χ3v) is 7.75. The van der Waals surface area contributed by atoms with E-state index < -0.39 is 10.0 Å². The van der Waals surface area contributed by atoms with E-state index in [9.17, 15) is 13.2 Å². The van der Waals surface area contributed by atoms with Crippen LogP contribution in [0.3, 0.4) is 0 Å². The molecular formula is C20H27N5O3S. The minimum atomic E-state index is -3.38. The van der Waals surface area contributed by atoms with Gasteiger partial charge in [-0.2, -0.15) is 4.31 Å². The number of carbonyl (C=O) groups excluding carboxylic acids is 1. The van der Waals surface area contributed by atoms with E-state index in [4.69, 9.17) is 0 Å². The summed E-state index contributed by atoms with van der Waals surface area (Å²) in [6.45, 7) is 4.50. The van der Waals surface area contributed by atoms with E-state index in [1.807, 2.05) is 35.2 Å². The number of hydrogen-bond acceptors (Lipinski definition) is 5. The minimum absolute atomic E-state index is 0.0186. The van der Waals surface area contributed by atoms with Gasteiger partial charge in [0.2, 0.25) is 15.9 Å². The normalized spacial score (nSPS) is 19.0. The first-order valence-electron chi connectivity index (χ1n) is 10.1. The fourth-order valence-electron chi connectivity index (χ4n) is 4.23. The molecular weight excluding hydrogens is 390 g/mol. The van der Waals surface area contributed by atoms with Gasteiger partial charge in [-0.05, 0) is 18.4 Å². The van der Waals surface area contributed by atoms with Gasteiger partial charge in [-0.3, -0.25) is 4.79 Å². The molecule has 1 fully saturated rings.